The van der Waals surface area contributed by atoms with Crippen LogP contribution < -0.4 is 18.9 Å². The van der Waals surface area contributed by atoms with E-state index < -0.39 is 5.97 Å². The summed E-state index contributed by atoms with van der Waals surface area (Å²) in [6.07, 6.45) is 7.18. The number of nitrogens with zero attached hydrogens (tertiary/aromatic N) is 1. The molecule has 1 saturated carbocycles. The molecular formula is C10H18LiNO2. The SMILES string of the molecule is O=C(O)C1CCN1C1CCCCC1.[H-].[Li+]. The van der Waals surface area contributed by atoms with Gasteiger partial charge in [0.2, 0.25) is 0 Å². The molecule has 0 aromatic carbocycles. The van der Waals surface area contributed by atoms with Gasteiger partial charge in [0.25, 0.3) is 0 Å². The first-order valence-electron chi connectivity index (χ1n) is 5.27. The first kappa shape index (κ1) is 12.1. The molecule has 2 rings (SSSR count). The molecule has 0 radical (unpaired) electrons. The fourth-order valence-electron chi connectivity index (χ4n) is 2.52. The molecule has 1 unspecified atom stereocenters. The van der Waals surface area contributed by atoms with Gasteiger partial charge >= 0.3 is 24.8 Å². The molecule has 0 spiro atoms. The first-order chi connectivity index (χ1) is 6.29. The van der Waals surface area contributed by atoms with E-state index >= 15 is 0 Å². The summed E-state index contributed by atoms with van der Waals surface area (Å²) < 4.78 is 0. The molecule has 1 aliphatic carbocycles. The van der Waals surface area contributed by atoms with Crippen LogP contribution >= 0.6 is 0 Å². The summed E-state index contributed by atoms with van der Waals surface area (Å²) in [5.74, 6) is -0.628. The largest absolute Gasteiger partial charge is 1.00 e. The van der Waals surface area contributed by atoms with Crippen LogP contribution in [0, 0.1) is 0 Å². The standard InChI is InChI=1S/C10H17NO2.Li.H/c12-10(13)9-6-7-11(9)8-4-2-1-3-5-8;;/h8-9H,1-7H2,(H,12,13);;/q;+1;-1. The monoisotopic (exact) mass is 191 g/mol. The van der Waals surface area contributed by atoms with Crippen LogP contribution in [0.15, 0.2) is 0 Å². The van der Waals surface area contributed by atoms with Crippen LogP contribution in [-0.4, -0.2) is 34.6 Å². The maximum Gasteiger partial charge on any atom is 1.00 e. The molecule has 2 aliphatic rings. The van der Waals surface area contributed by atoms with E-state index in [0.717, 1.165) is 13.0 Å². The van der Waals surface area contributed by atoms with E-state index in [-0.39, 0.29) is 26.3 Å². The Morgan fingerprint density at radius 3 is 2.29 bits per heavy atom. The van der Waals surface area contributed by atoms with Gasteiger partial charge in [-0.25, -0.2) is 0 Å². The van der Waals surface area contributed by atoms with Crippen LogP contribution in [0.3, 0.4) is 0 Å². The molecule has 4 heteroatoms. The third-order valence-electron chi connectivity index (χ3n) is 3.39. The fraction of sp³-hybridized carbons (Fsp3) is 0.900. The Morgan fingerprint density at radius 1 is 1.21 bits per heavy atom. The number of hydrogen-bond donors (Lipinski definition) is 1. The molecule has 0 bridgehead atoms. The smallest absolute Gasteiger partial charge is 1.00 e. The number of carboxylic acid groups (broad SMARTS) is 1. The number of rotatable bonds is 2. The van der Waals surface area contributed by atoms with Crippen molar-refractivity contribution in [2.75, 3.05) is 6.54 Å². The van der Waals surface area contributed by atoms with E-state index in [1.54, 1.807) is 0 Å². The summed E-state index contributed by atoms with van der Waals surface area (Å²) in [7, 11) is 0. The zero-order valence-electron chi connectivity index (χ0n) is 9.91. The van der Waals surface area contributed by atoms with Gasteiger partial charge in [-0.1, -0.05) is 19.3 Å². The van der Waals surface area contributed by atoms with E-state index in [9.17, 15) is 4.79 Å². The van der Waals surface area contributed by atoms with Crippen molar-refractivity contribution in [3.63, 3.8) is 0 Å². The predicted molar refractivity (Wildman–Crippen MR) is 50.7 cm³/mol. The maximum absolute atomic E-state index is 10.8. The van der Waals surface area contributed by atoms with Crippen LogP contribution in [0.4, 0.5) is 0 Å². The Labute approximate surface area is 98.5 Å². The second kappa shape index (κ2) is 5.21. The van der Waals surface area contributed by atoms with Gasteiger partial charge in [-0.15, -0.1) is 0 Å². The van der Waals surface area contributed by atoms with E-state index in [0.29, 0.717) is 6.04 Å². The Balaban J connectivity index is 0.000000980. The van der Waals surface area contributed by atoms with Gasteiger partial charge in [0, 0.05) is 12.6 Å². The Morgan fingerprint density at radius 2 is 1.86 bits per heavy atom. The van der Waals surface area contributed by atoms with Crippen molar-refractivity contribution in [3.05, 3.63) is 0 Å². The van der Waals surface area contributed by atoms with E-state index in [1.165, 1.54) is 32.1 Å². The average molecular weight is 191 g/mol. The van der Waals surface area contributed by atoms with Crippen LogP contribution in [-0.2, 0) is 4.79 Å². The van der Waals surface area contributed by atoms with Gasteiger partial charge in [0.1, 0.15) is 6.04 Å². The summed E-state index contributed by atoms with van der Waals surface area (Å²) in [5, 5.41) is 8.89. The van der Waals surface area contributed by atoms with Crippen LogP contribution in [0.5, 0.6) is 0 Å². The molecule has 1 heterocycles. The zero-order valence-corrected chi connectivity index (χ0v) is 8.91. The second-order valence-corrected chi connectivity index (χ2v) is 4.17. The fourth-order valence-corrected chi connectivity index (χ4v) is 2.52. The minimum absolute atomic E-state index is 0. The third kappa shape index (κ3) is 2.33. The van der Waals surface area contributed by atoms with Crippen molar-refractivity contribution in [1.29, 1.82) is 0 Å². The number of hydrogen-bond acceptors (Lipinski definition) is 2. The molecule has 1 N–H and O–H groups in total. The molecular weight excluding hydrogens is 173 g/mol. The van der Waals surface area contributed by atoms with E-state index in [1.807, 2.05) is 0 Å². The van der Waals surface area contributed by atoms with Gasteiger partial charge in [0.05, 0.1) is 0 Å². The second-order valence-electron chi connectivity index (χ2n) is 4.17. The van der Waals surface area contributed by atoms with Gasteiger partial charge in [-0.2, -0.15) is 0 Å². The molecule has 1 saturated heterocycles. The van der Waals surface area contributed by atoms with Crippen molar-refractivity contribution in [3.8, 4) is 0 Å². The summed E-state index contributed by atoms with van der Waals surface area (Å²) in [4.78, 5) is 13.0. The minimum Gasteiger partial charge on any atom is -1.00 e. The van der Waals surface area contributed by atoms with Crippen LogP contribution in [0.25, 0.3) is 0 Å². The summed E-state index contributed by atoms with van der Waals surface area (Å²) in [5.41, 5.74) is 0. The van der Waals surface area contributed by atoms with Crippen molar-refractivity contribution < 1.29 is 30.2 Å². The molecule has 1 atom stereocenters. The van der Waals surface area contributed by atoms with Crippen molar-refractivity contribution in [2.24, 2.45) is 0 Å². The zero-order chi connectivity index (χ0) is 9.26. The number of aliphatic carboxylic acids is 1. The third-order valence-corrected chi connectivity index (χ3v) is 3.39. The Kier molecular flexibility index (Phi) is 4.50. The van der Waals surface area contributed by atoms with E-state index in [2.05, 4.69) is 4.90 Å². The molecule has 1 aliphatic heterocycles. The molecule has 0 aromatic rings. The summed E-state index contributed by atoms with van der Waals surface area (Å²) >= 11 is 0. The average Bonchev–Trinajstić information content (AvgIpc) is 2.02. The molecule has 0 amide bonds. The number of carbonyl (C=O) groups is 1. The van der Waals surface area contributed by atoms with Crippen molar-refractivity contribution >= 4 is 5.97 Å². The van der Waals surface area contributed by atoms with Crippen LogP contribution in [0.1, 0.15) is 40.0 Å². The van der Waals surface area contributed by atoms with E-state index in [4.69, 9.17) is 5.11 Å². The van der Waals surface area contributed by atoms with Crippen molar-refractivity contribution in [2.45, 2.75) is 50.6 Å². The normalized spacial score (nSPS) is 29.0. The number of carboxylic acids is 1. The molecule has 14 heavy (non-hydrogen) atoms. The molecule has 3 nitrogen and oxygen atoms in total. The van der Waals surface area contributed by atoms with Crippen molar-refractivity contribution in [1.82, 2.24) is 4.90 Å². The number of likely N-dealkylation sites (tertiary alicyclic amines) is 1. The summed E-state index contributed by atoms with van der Waals surface area (Å²) in [6.45, 7) is 1.00. The summed E-state index contributed by atoms with van der Waals surface area (Å²) in [6, 6.07) is 0.409. The van der Waals surface area contributed by atoms with Gasteiger partial charge in [0.15, 0.2) is 0 Å². The van der Waals surface area contributed by atoms with Gasteiger partial charge in [-0.3, -0.25) is 9.69 Å². The van der Waals surface area contributed by atoms with Gasteiger partial charge < -0.3 is 6.53 Å². The molecule has 2 fully saturated rings. The van der Waals surface area contributed by atoms with Crippen LogP contribution in [0.2, 0.25) is 0 Å². The Hall–Kier alpha value is 0.0274. The quantitative estimate of drug-likeness (QED) is 0.545. The predicted octanol–water partition coefficient (Wildman–Crippen LogP) is -1.41. The Bertz CT molecular complexity index is 210. The maximum atomic E-state index is 10.8. The minimum atomic E-state index is -0.628. The molecule has 76 valence electrons. The first-order valence-corrected chi connectivity index (χ1v) is 5.27. The van der Waals surface area contributed by atoms with Gasteiger partial charge in [-0.05, 0) is 19.3 Å². The molecule has 0 aromatic heterocycles. The topological polar surface area (TPSA) is 40.5 Å².